The first-order chi connectivity index (χ1) is 11.1. The van der Waals surface area contributed by atoms with E-state index in [1.54, 1.807) is 18.2 Å². The number of amides is 1. The highest BCUT2D eigenvalue weighted by atomic mass is 16.7. The number of nitrogens with one attached hydrogen (secondary N) is 1. The van der Waals surface area contributed by atoms with Crippen molar-refractivity contribution in [3.05, 3.63) is 59.7 Å². The SMILES string of the molecule is CC(C)C(CNC(=O)c1ccc2c(c1)OCO2)c1ccccc1. The summed E-state index contributed by atoms with van der Waals surface area (Å²) in [7, 11) is 0. The second-order valence-corrected chi connectivity index (χ2v) is 6.04. The Morgan fingerprint density at radius 2 is 1.83 bits per heavy atom. The summed E-state index contributed by atoms with van der Waals surface area (Å²) in [5.74, 6) is 1.94. The highest BCUT2D eigenvalue weighted by Crippen LogP contribution is 2.32. The summed E-state index contributed by atoms with van der Waals surface area (Å²) in [5.41, 5.74) is 1.83. The molecule has 1 aliphatic heterocycles. The van der Waals surface area contributed by atoms with Crippen LogP contribution in [0.4, 0.5) is 0 Å². The average molecular weight is 311 g/mol. The van der Waals surface area contributed by atoms with Crippen LogP contribution in [-0.4, -0.2) is 19.2 Å². The van der Waals surface area contributed by atoms with E-state index >= 15 is 0 Å². The van der Waals surface area contributed by atoms with Crippen LogP contribution in [0.1, 0.15) is 35.7 Å². The van der Waals surface area contributed by atoms with Gasteiger partial charge in [-0.2, -0.15) is 0 Å². The van der Waals surface area contributed by atoms with E-state index in [9.17, 15) is 4.79 Å². The van der Waals surface area contributed by atoms with Gasteiger partial charge < -0.3 is 14.8 Å². The molecule has 0 saturated heterocycles. The molecule has 0 fully saturated rings. The maximum atomic E-state index is 12.4. The Labute approximate surface area is 136 Å². The van der Waals surface area contributed by atoms with Gasteiger partial charge in [-0.05, 0) is 29.7 Å². The largest absolute Gasteiger partial charge is 0.454 e. The normalized spacial score (nSPS) is 13.9. The van der Waals surface area contributed by atoms with E-state index in [-0.39, 0.29) is 18.6 Å². The molecule has 1 aliphatic rings. The van der Waals surface area contributed by atoms with Crippen LogP contribution in [0.5, 0.6) is 11.5 Å². The lowest BCUT2D eigenvalue weighted by Crippen LogP contribution is -2.30. The molecule has 0 spiro atoms. The number of hydrogen-bond donors (Lipinski definition) is 1. The molecule has 0 aliphatic carbocycles. The molecular weight excluding hydrogens is 290 g/mol. The Morgan fingerprint density at radius 1 is 1.09 bits per heavy atom. The first kappa shape index (κ1) is 15.4. The molecule has 3 rings (SSSR count). The van der Waals surface area contributed by atoms with Crippen LogP contribution < -0.4 is 14.8 Å². The van der Waals surface area contributed by atoms with E-state index < -0.39 is 0 Å². The van der Waals surface area contributed by atoms with Gasteiger partial charge in [-0.15, -0.1) is 0 Å². The molecule has 2 aromatic rings. The molecule has 1 amide bonds. The minimum absolute atomic E-state index is 0.0927. The van der Waals surface area contributed by atoms with Crippen molar-refractivity contribution in [3.63, 3.8) is 0 Å². The van der Waals surface area contributed by atoms with Crippen LogP contribution in [0, 0.1) is 5.92 Å². The van der Waals surface area contributed by atoms with Gasteiger partial charge in [0.2, 0.25) is 6.79 Å². The third-order valence-electron chi connectivity index (χ3n) is 4.15. The standard InChI is InChI=1S/C19H21NO3/c1-13(2)16(14-6-4-3-5-7-14)11-20-19(21)15-8-9-17-18(10-15)23-12-22-17/h3-10,13,16H,11-12H2,1-2H3,(H,20,21). The zero-order valence-electron chi connectivity index (χ0n) is 13.4. The summed E-state index contributed by atoms with van der Waals surface area (Å²) in [6.07, 6.45) is 0. The van der Waals surface area contributed by atoms with Gasteiger partial charge in [-0.3, -0.25) is 4.79 Å². The molecule has 1 unspecified atom stereocenters. The van der Waals surface area contributed by atoms with E-state index in [4.69, 9.17) is 9.47 Å². The highest BCUT2D eigenvalue weighted by molar-refractivity contribution is 5.95. The van der Waals surface area contributed by atoms with E-state index in [1.165, 1.54) is 5.56 Å². The van der Waals surface area contributed by atoms with Gasteiger partial charge in [-0.1, -0.05) is 44.2 Å². The summed E-state index contributed by atoms with van der Waals surface area (Å²) in [4.78, 5) is 12.4. The van der Waals surface area contributed by atoms with Gasteiger partial charge in [0.1, 0.15) is 0 Å². The minimum Gasteiger partial charge on any atom is -0.454 e. The summed E-state index contributed by atoms with van der Waals surface area (Å²) >= 11 is 0. The Morgan fingerprint density at radius 3 is 2.57 bits per heavy atom. The summed E-state index contributed by atoms with van der Waals surface area (Å²) < 4.78 is 10.6. The van der Waals surface area contributed by atoms with E-state index in [1.807, 2.05) is 18.2 Å². The first-order valence-electron chi connectivity index (χ1n) is 7.88. The Hall–Kier alpha value is -2.49. The van der Waals surface area contributed by atoms with Crippen molar-refractivity contribution in [3.8, 4) is 11.5 Å². The number of hydrogen-bond acceptors (Lipinski definition) is 3. The molecule has 120 valence electrons. The van der Waals surface area contributed by atoms with Crippen molar-refractivity contribution in [2.45, 2.75) is 19.8 Å². The van der Waals surface area contributed by atoms with Crippen molar-refractivity contribution in [1.82, 2.24) is 5.32 Å². The minimum atomic E-state index is -0.0927. The molecule has 4 heteroatoms. The molecule has 0 radical (unpaired) electrons. The average Bonchev–Trinajstić information content (AvgIpc) is 3.03. The third-order valence-corrected chi connectivity index (χ3v) is 4.15. The molecule has 0 bridgehead atoms. The zero-order chi connectivity index (χ0) is 16.2. The topological polar surface area (TPSA) is 47.6 Å². The van der Waals surface area contributed by atoms with Crippen LogP contribution >= 0.6 is 0 Å². The first-order valence-corrected chi connectivity index (χ1v) is 7.88. The maximum Gasteiger partial charge on any atom is 0.251 e. The van der Waals surface area contributed by atoms with Crippen LogP contribution in [0.25, 0.3) is 0 Å². The van der Waals surface area contributed by atoms with Crippen molar-refractivity contribution in [2.24, 2.45) is 5.92 Å². The van der Waals surface area contributed by atoms with E-state index in [2.05, 4.69) is 31.3 Å². The Kier molecular flexibility index (Phi) is 4.51. The number of ether oxygens (including phenoxy) is 2. The van der Waals surface area contributed by atoms with E-state index in [0.29, 0.717) is 29.5 Å². The van der Waals surface area contributed by atoms with Gasteiger partial charge in [0.15, 0.2) is 11.5 Å². The second kappa shape index (κ2) is 6.73. The molecule has 1 heterocycles. The lowest BCUT2D eigenvalue weighted by atomic mass is 9.88. The Balaban J connectivity index is 1.67. The van der Waals surface area contributed by atoms with Crippen LogP contribution in [0.3, 0.4) is 0 Å². The van der Waals surface area contributed by atoms with Gasteiger partial charge in [0.05, 0.1) is 0 Å². The predicted molar refractivity (Wildman–Crippen MR) is 88.9 cm³/mol. The number of benzene rings is 2. The second-order valence-electron chi connectivity index (χ2n) is 6.04. The van der Waals surface area contributed by atoms with Gasteiger partial charge in [0.25, 0.3) is 5.91 Å². The molecule has 2 aromatic carbocycles. The quantitative estimate of drug-likeness (QED) is 0.918. The lowest BCUT2D eigenvalue weighted by molar-refractivity contribution is 0.0948. The monoisotopic (exact) mass is 311 g/mol. The third kappa shape index (κ3) is 3.47. The number of carbonyl (C=O) groups excluding carboxylic acids is 1. The fourth-order valence-electron chi connectivity index (χ4n) is 2.78. The van der Waals surface area contributed by atoms with Crippen LogP contribution in [0.2, 0.25) is 0 Å². The number of fused-ring (bicyclic) bond motifs is 1. The van der Waals surface area contributed by atoms with Gasteiger partial charge >= 0.3 is 0 Å². The van der Waals surface area contributed by atoms with Crippen molar-refractivity contribution >= 4 is 5.91 Å². The van der Waals surface area contributed by atoms with Gasteiger partial charge in [0, 0.05) is 18.0 Å². The fourth-order valence-corrected chi connectivity index (χ4v) is 2.78. The van der Waals surface area contributed by atoms with Crippen LogP contribution in [0.15, 0.2) is 48.5 Å². The summed E-state index contributed by atoms with van der Waals surface area (Å²) in [6.45, 7) is 5.16. The van der Waals surface area contributed by atoms with Crippen molar-refractivity contribution in [1.29, 1.82) is 0 Å². The summed E-state index contributed by atoms with van der Waals surface area (Å²) in [6, 6.07) is 15.5. The molecule has 0 saturated carbocycles. The molecule has 1 N–H and O–H groups in total. The lowest BCUT2D eigenvalue weighted by Gasteiger charge is -2.22. The molecule has 0 aromatic heterocycles. The number of carbonyl (C=O) groups is 1. The van der Waals surface area contributed by atoms with Gasteiger partial charge in [-0.25, -0.2) is 0 Å². The van der Waals surface area contributed by atoms with Crippen molar-refractivity contribution < 1.29 is 14.3 Å². The molecule has 1 atom stereocenters. The molecular formula is C19H21NO3. The highest BCUT2D eigenvalue weighted by Gasteiger charge is 2.19. The number of rotatable bonds is 5. The van der Waals surface area contributed by atoms with Crippen LogP contribution in [-0.2, 0) is 0 Å². The maximum absolute atomic E-state index is 12.4. The Bertz CT molecular complexity index is 682. The van der Waals surface area contributed by atoms with E-state index in [0.717, 1.165) is 0 Å². The summed E-state index contributed by atoms with van der Waals surface area (Å²) in [5, 5.41) is 3.03. The molecule has 4 nitrogen and oxygen atoms in total. The molecule has 23 heavy (non-hydrogen) atoms. The fraction of sp³-hybridized carbons (Fsp3) is 0.316. The predicted octanol–water partition coefficient (Wildman–Crippen LogP) is 3.58. The zero-order valence-corrected chi connectivity index (χ0v) is 13.4. The smallest absolute Gasteiger partial charge is 0.251 e. The van der Waals surface area contributed by atoms with Crippen molar-refractivity contribution in [2.75, 3.05) is 13.3 Å².